The van der Waals surface area contributed by atoms with Gasteiger partial charge in [-0.25, -0.2) is 0 Å². The van der Waals surface area contributed by atoms with Crippen molar-refractivity contribution < 1.29 is 14.9 Å². The molecule has 0 bridgehead atoms. The Morgan fingerprint density at radius 3 is 2.83 bits per heavy atom. The predicted octanol–water partition coefficient (Wildman–Crippen LogP) is 5.64. The number of fused-ring (bicyclic) bond motifs is 1. The number of aliphatic hydroxyl groups excluding tert-OH is 1. The zero-order valence-electron chi connectivity index (χ0n) is 18.8. The predicted molar refractivity (Wildman–Crippen MR) is 120 cm³/mol. The van der Waals surface area contributed by atoms with Crippen molar-refractivity contribution in [1.82, 2.24) is 0 Å². The Balaban J connectivity index is 1.69. The van der Waals surface area contributed by atoms with Gasteiger partial charge in [0.05, 0.1) is 24.4 Å². The molecule has 0 spiro atoms. The summed E-state index contributed by atoms with van der Waals surface area (Å²) < 4.78 is 6.13. The van der Waals surface area contributed by atoms with E-state index in [4.69, 9.17) is 4.74 Å². The van der Waals surface area contributed by atoms with Gasteiger partial charge in [0.1, 0.15) is 0 Å². The first-order chi connectivity index (χ1) is 13.6. The highest BCUT2D eigenvalue weighted by molar-refractivity contribution is 5.38. The summed E-state index contributed by atoms with van der Waals surface area (Å²) in [5.41, 5.74) is 4.87. The molecule has 0 aromatic rings. The lowest BCUT2D eigenvalue weighted by molar-refractivity contribution is 0.00739. The van der Waals surface area contributed by atoms with E-state index in [0.717, 1.165) is 32.1 Å². The molecule has 3 nitrogen and oxygen atoms in total. The molecule has 3 aliphatic carbocycles. The van der Waals surface area contributed by atoms with E-state index >= 15 is 0 Å². The molecule has 0 saturated heterocycles. The van der Waals surface area contributed by atoms with Crippen LogP contribution in [-0.2, 0) is 4.74 Å². The number of allylic oxidation sites excluding steroid dienone is 5. The van der Waals surface area contributed by atoms with E-state index < -0.39 is 5.60 Å². The molecule has 29 heavy (non-hydrogen) atoms. The SMILES string of the molecule is C=C1CC[C@H](O)C/C1=C/C=C1\CCC[C@]2(C)C(C(C)OCCC(C)(C)O)=CC[C@@H]12. The van der Waals surface area contributed by atoms with Gasteiger partial charge in [-0.1, -0.05) is 42.9 Å². The van der Waals surface area contributed by atoms with Crippen molar-refractivity contribution in [2.75, 3.05) is 6.61 Å². The Labute approximate surface area is 177 Å². The van der Waals surface area contributed by atoms with Crippen molar-refractivity contribution in [2.24, 2.45) is 11.3 Å². The number of hydrogen-bond acceptors (Lipinski definition) is 3. The molecule has 2 fully saturated rings. The van der Waals surface area contributed by atoms with Crippen molar-refractivity contribution in [3.05, 3.63) is 47.1 Å². The fourth-order valence-electron chi connectivity index (χ4n) is 5.45. The summed E-state index contributed by atoms with van der Waals surface area (Å²) in [5.74, 6) is 0.546. The standard InChI is InChI=1S/C26H40O3/c1-18-8-11-22(27)17-21(18)10-9-20-7-6-14-26(5)23(12-13-24(20)26)19(2)29-16-15-25(3,4)28/h9-10,12,19,22,24,27-28H,1,6-8,11,13-17H2,2-5H3/b20-9+,21-10-/t19?,22-,24-,26+/m0/s1. The van der Waals surface area contributed by atoms with Crippen LogP contribution in [0.25, 0.3) is 0 Å². The van der Waals surface area contributed by atoms with Crippen molar-refractivity contribution in [2.45, 2.75) is 96.9 Å². The van der Waals surface area contributed by atoms with E-state index in [0.29, 0.717) is 18.9 Å². The highest BCUT2D eigenvalue weighted by Crippen LogP contribution is 2.55. The third-order valence-electron chi connectivity index (χ3n) is 7.32. The average molecular weight is 401 g/mol. The molecule has 4 atom stereocenters. The van der Waals surface area contributed by atoms with Crippen LogP contribution < -0.4 is 0 Å². The van der Waals surface area contributed by atoms with E-state index in [1.807, 2.05) is 13.8 Å². The monoisotopic (exact) mass is 400 g/mol. The molecule has 162 valence electrons. The second-order valence-corrected chi connectivity index (χ2v) is 10.2. The topological polar surface area (TPSA) is 49.7 Å². The molecule has 2 N–H and O–H groups in total. The van der Waals surface area contributed by atoms with Crippen LogP contribution in [0.5, 0.6) is 0 Å². The first-order valence-corrected chi connectivity index (χ1v) is 11.4. The van der Waals surface area contributed by atoms with Gasteiger partial charge in [0.25, 0.3) is 0 Å². The van der Waals surface area contributed by atoms with Gasteiger partial charge in [0.2, 0.25) is 0 Å². The minimum atomic E-state index is -0.679. The van der Waals surface area contributed by atoms with Crippen molar-refractivity contribution in [3.8, 4) is 0 Å². The maximum absolute atomic E-state index is 10.0. The summed E-state index contributed by atoms with van der Waals surface area (Å²) in [6.07, 6.45) is 14.6. The lowest BCUT2D eigenvalue weighted by Crippen LogP contribution is -2.35. The average Bonchev–Trinajstić information content (AvgIpc) is 2.99. The maximum Gasteiger partial charge on any atom is 0.0762 e. The first-order valence-electron chi connectivity index (χ1n) is 11.4. The molecule has 1 unspecified atom stereocenters. The molecule has 2 saturated carbocycles. The second kappa shape index (κ2) is 8.91. The molecule has 0 aliphatic heterocycles. The van der Waals surface area contributed by atoms with Crippen molar-refractivity contribution >= 4 is 0 Å². The van der Waals surface area contributed by atoms with Crippen molar-refractivity contribution in [1.29, 1.82) is 0 Å². The maximum atomic E-state index is 10.0. The second-order valence-electron chi connectivity index (χ2n) is 10.2. The van der Waals surface area contributed by atoms with Crippen LogP contribution >= 0.6 is 0 Å². The Bertz CT molecular complexity index is 706. The number of aliphatic hydroxyl groups is 2. The summed E-state index contributed by atoms with van der Waals surface area (Å²) in [6, 6.07) is 0. The smallest absolute Gasteiger partial charge is 0.0762 e. The molecule has 3 rings (SSSR count). The summed E-state index contributed by atoms with van der Waals surface area (Å²) in [5, 5.41) is 19.9. The summed E-state index contributed by atoms with van der Waals surface area (Å²) in [4.78, 5) is 0. The quantitative estimate of drug-likeness (QED) is 0.567. The Hall–Kier alpha value is -1.16. The molecule has 3 aliphatic rings. The molecule has 0 amide bonds. The molecular formula is C26H40O3. The molecule has 0 aromatic carbocycles. The minimum Gasteiger partial charge on any atom is -0.393 e. The molecule has 0 radical (unpaired) electrons. The minimum absolute atomic E-state index is 0.0957. The van der Waals surface area contributed by atoms with Gasteiger partial charge in [-0.3, -0.25) is 0 Å². The van der Waals surface area contributed by atoms with Gasteiger partial charge in [0.15, 0.2) is 0 Å². The Morgan fingerprint density at radius 1 is 1.34 bits per heavy atom. The van der Waals surface area contributed by atoms with Crippen LogP contribution in [0, 0.1) is 11.3 Å². The number of ether oxygens (including phenoxy) is 1. The van der Waals surface area contributed by atoms with Gasteiger partial charge in [0, 0.05) is 0 Å². The molecular weight excluding hydrogens is 360 g/mol. The third kappa shape index (κ3) is 5.31. The van der Waals surface area contributed by atoms with E-state index in [2.05, 4.69) is 38.7 Å². The van der Waals surface area contributed by atoms with E-state index in [1.165, 1.54) is 35.1 Å². The first kappa shape index (κ1) is 22.5. The van der Waals surface area contributed by atoms with Gasteiger partial charge in [-0.15, -0.1) is 0 Å². The molecule has 3 heteroatoms. The Morgan fingerprint density at radius 2 is 2.10 bits per heavy atom. The lowest BCUT2D eigenvalue weighted by Gasteiger charge is -2.42. The van der Waals surface area contributed by atoms with Gasteiger partial charge in [-0.05, 0) is 94.6 Å². The van der Waals surface area contributed by atoms with Crippen LogP contribution in [0.15, 0.2) is 47.1 Å². The van der Waals surface area contributed by atoms with E-state index in [9.17, 15) is 10.2 Å². The van der Waals surface area contributed by atoms with E-state index in [1.54, 1.807) is 0 Å². The van der Waals surface area contributed by atoms with E-state index in [-0.39, 0.29) is 17.6 Å². The van der Waals surface area contributed by atoms with Crippen LogP contribution in [0.2, 0.25) is 0 Å². The number of rotatable bonds is 6. The Kier molecular flexibility index (Phi) is 6.92. The number of hydrogen-bond donors (Lipinski definition) is 2. The zero-order chi connectivity index (χ0) is 21.2. The van der Waals surface area contributed by atoms with Crippen molar-refractivity contribution in [3.63, 3.8) is 0 Å². The molecule has 0 heterocycles. The zero-order valence-corrected chi connectivity index (χ0v) is 18.8. The summed E-state index contributed by atoms with van der Waals surface area (Å²) >= 11 is 0. The lowest BCUT2D eigenvalue weighted by atomic mass is 9.63. The van der Waals surface area contributed by atoms with Crippen LogP contribution in [0.1, 0.15) is 79.1 Å². The van der Waals surface area contributed by atoms with Gasteiger partial charge >= 0.3 is 0 Å². The van der Waals surface area contributed by atoms with Gasteiger partial charge in [-0.2, -0.15) is 0 Å². The fourth-order valence-corrected chi connectivity index (χ4v) is 5.45. The van der Waals surface area contributed by atoms with Crippen LogP contribution in [0.3, 0.4) is 0 Å². The highest BCUT2D eigenvalue weighted by Gasteiger charge is 2.46. The highest BCUT2D eigenvalue weighted by atomic mass is 16.5. The molecule has 0 aromatic heterocycles. The normalized spacial score (nSPS) is 34.4. The van der Waals surface area contributed by atoms with Crippen LogP contribution in [-0.4, -0.2) is 34.6 Å². The van der Waals surface area contributed by atoms with Crippen LogP contribution in [0.4, 0.5) is 0 Å². The fraction of sp³-hybridized carbons (Fsp3) is 0.692. The third-order valence-corrected chi connectivity index (χ3v) is 7.32. The van der Waals surface area contributed by atoms with Gasteiger partial charge < -0.3 is 14.9 Å². The summed E-state index contributed by atoms with van der Waals surface area (Å²) in [6.45, 7) is 13.0. The summed E-state index contributed by atoms with van der Waals surface area (Å²) in [7, 11) is 0. The largest absolute Gasteiger partial charge is 0.393 e.